The Morgan fingerprint density at radius 3 is 2.75 bits per heavy atom. The molecular weight excluding hydrogens is 164 g/mol. The lowest BCUT2D eigenvalue weighted by atomic mass is 10.2. The standard InChI is InChI=1S/C7H11F2N3/c1-12-4-11-3-5(12)2-6(10)7(8)9/h3-4,6-7H,2,10H2,1H3. The summed E-state index contributed by atoms with van der Waals surface area (Å²) in [7, 11) is 1.75. The molecule has 0 saturated heterocycles. The summed E-state index contributed by atoms with van der Waals surface area (Å²) in [6.07, 6.45) is 0.795. The van der Waals surface area contributed by atoms with Gasteiger partial charge in [0.05, 0.1) is 12.4 Å². The Kier molecular flexibility index (Phi) is 2.75. The largest absolute Gasteiger partial charge is 0.338 e. The van der Waals surface area contributed by atoms with Gasteiger partial charge in [-0.15, -0.1) is 0 Å². The molecule has 1 atom stereocenters. The average molecular weight is 175 g/mol. The van der Waals surface area contributed by atoms with Crippen LogP contribution in [-0.2, 0) is 13.5 Å². The van der Waals surface area contributed by atoms with Gasteiger partial charge in [0.25, 0.3) is 6.43 Å². The maximum Gasteiger partial charge on any atom is 0.253 e. The van der Waals surface area contributed by atoms with E-state index in [0.717, 1.165) is 5.69 Å². The van der Waals surface area contributed by atoms with Gasteiger partial charge in [0, 0.05) is 25.4 Å². The predicted octanol–water partition coefficient (Wildman–Crippen LogP) is 0.555. The molecule has 0 fully saturated rings. The lowest BCUT2D eigenvalue weighted by Gasteiger charge is -2.09. The summed E-state index contributed by atoms with van der Waals surface area (Å²) in [5.74, 6) is 0. The van der Waals surface area contributed by atoms with E-state index in [2.05, 4.69) is 4.98 Å². The zero-order valence-corrected chi connectivity index (χ0v) is 6.74. The van der Waals surface area contributed by atoms with E-state index in [1.807, 2.05) is 0 Å². The van der Waals surface area contributed by atoms with Gasteiger partial charge < -0.3 is 10.3 Å². The molecule has 0 amide bonds. The zero-order chi connectivity index (χ0) is 9.14. The Bertz CT molecular complexity index is 247. The summed E-state index contributed by atoms with van der Waals surface area (Å²) in [5, 5.41) is 0. The van der Waals surface area contributed by atoms with E-state index in [-0.39, 0.29) is 6.42 Å². The van der Waals surface area contributed by atoms with Crippen LogP contribution in [0.15, 0.2) is 12.5 Å². The second-order valence-electron chi connectivity index (χ2n) is 2.70. The smallest absolute Gasteiger partial charge is 0.253 e. The fourth-order valence-electron chi connectivity index (χ4n) is 0.912. The van der Waals surface area contributed by atoms with Crippen LogP contribution >= 0.6 is 0 Å². The number of halogens is 2. The maximum absolute atomic E-state index is 12.0. The molecule has 5 heteroatoms. The van der Waals surface area contributed by atoms with Crippen molar-refractivity contribution in [2.24, 2.45) is 12.8 Å². The molecule has 68 valence electrons. The molecule has 0 bridgehead atoms. The van der Waals surface area contributed by atoms with Crippen LogP contribution in [0.4, 0.5) is 8.78 Å². The lowest BCUT2D eigenvalue weighted by Crippen LogP contribution is -2.31. The second-order valence-corrected chi connectivity index (χ2v) is 2.70. The summed E-state index contributed by atoms with van der Waals surface area (Å²) < 4.78 is 25.7. The minimum atomic E-state index is -2.47. The third-order valence-corrected chi connectivity index (χ3v) is 1.68. The van der Waals surface area contributed by atoms with Crippen molar-refractivity contribution >= 4 is 0 Å². The normalized spacial score (nSPS) is 13.8. The molecule has 0 aliphatic carbocycles. The van der Waals surface area contributed by atoms with Gasteiger partial charge in [-0.25, -0.2) is 13.8 Å². The van der Waals surface area contributed by atoms with Crippen LogP contribution in [0.3, 0.4) is 0 Å². The number of hydrogen-bond acceptors (Lipinski definition) is 2. The highest BCUT2D eigenvalue weighted by Gasteiger charge is 2.16. The van der Waals surface area contributed by atoms with Crippen LogP contribution < -0.4 is 5.73 Å². The Balaban J connectivity index is 2.58. The number of aromatic nitrogens is 2. The first kappa shape index (κ1) is 9.12. The van der Waals surface area contributed by atoms with E-state index in [4.69, 9.17) is 5.73 Å². The van der Waals surface area contributed by atoms with Gasteiger partial charge in [0.2, 0.25) is 0 Å². The third kappa shape index (κ3) is 2.01. The van der Waals surface area contributed by atoms with Crippen molar-refractivity contribution in [2.75, 3.05) is 0 Å². The van der Waals surface area contributed by atoms with E-state index >= 15 is 0 Å². The molecule has 0 aliphatic heterocycles. The van der Waals surface area contributed by atoms with Crippen LogP contribution in [-0.4, -0.2) is 22.0 Å². The molecule has 0 aliphatic rings. The highest BCUT2D eigenvalue weighted by Crippen LogP contribution is 2.06. The van der Waals surface area contributed by atoms with Crippen molar-refractivity contribution in [2.45, 2.75) is 18.9 Å². The fourth-order valence-corrected chi connectivity index (χ4v) is 0.912. The fraction of sp³-hybridized carbons (Fsp3) is 0.571. The molecule has 12 heavy (non-hydrogen) atoms. The van der Waals surface area contributed by atoms with E-state index in [1.165, 1.54) is 0 Å². The van der Waals surface area contributed by atoms with Crippen LogP contribution in [0.2, 0.25) is 0 Å². The first-order valence-corrected chi connectivity index (χ1v) is 3.60. The van der Waals surface area contributed by atoms with Gasteiger partial charge in [-0.3, -0.25) is 0 Å². The Morgan fingerprint density at radius 2 is 2.33 bits per heavy atom. The minimum absolute atomic E-state index is 0.161. The van der Waals surface area contributed by atoms with E-state index < -0.39 is 12.5 Å². The van der Waals surface area contributed by atoms with Crippen LogP contribution in [0.1, 0.15) is 5.69 Å². The van der Waals surface area contributed by atoms with Crippen molar-refractivity contribution in [1.82, 2.24) is 9.55 Å². The maximum atomic E-state index is 12.0. The first-order valence-electron chi connectivity index (χ1n) is 3.60. The van der Waals surface area contributed by atoms with Crippen molar-refractivity contribution in [3.05, 3.63) is 18.2 Å². The van der Waals surface area contributed by atoms with Gasteiger partial charge in [-0.2, -0.15) is 0 Å². The lowest BCUT2D eigenvalue weighted by molar-refractivity contribution is 0.115. The number of hydrogen-bond donors (Lipinski definition) is 1. The molecule has 1 heterocycles. The number of aryl methyl sites for hydroxylation is 1. The Hall–Kier alpha value is -0.970. The Morgan fingerprint density at radius 1 is 1.67 bits per heavy atom. The molecule has 0 saturated carbocycles. The zero-order valence-electron chi connectivity index (χ0n) is 6.74. The van der Waals surface area contributed by atoms with E-state index in [1.54, 1.807) is 24.1 Å². The topological polar surface area (TPSA) is 43.8 Å². The van der Waals surface area contributed by atoms with Crippen molar-refractivity contribution in [3.63, 3.8) is 0 Å². The SMILES string of the molecule is Cn1cncc1CC(N)C(F)F. The summed E-state index contributed by atoms with van der Waals surface area (Å²) in [4.78, 5) is 3.80. The Labute approximate surface area is 69.2 Å². The summed E-state index contributed by atoms with van der Waals surface area (Å²) in [6.45, 7) is 0. The van der Waals surface area contributed by atoms with Gasteiger partial charge in [-0.05, 0) is 0 Å². The highest BCUT2D eigenvalue weighted by atomic mass is 19.3. The van der Waals surface area contributed by atoms with Gasteiger partial charge in [-0.1, -0.05) is 0 Å². The van der Waals surface area contributed by atoms with Crippen molar-refractivity contribution < 1.29 is 8.78 Å². The highest BCUT2D eigenvalue weighted by molar-refractivity contribution is 5.00. The monoisotopic (exact) mass is 175 g/mol. The van der Waals surface area contributed by atoms with Gasteiger partial charge in [0.1, 0.15) is 0 Å². The number of nitrogens with zero attached hydrogens (tertiary/aromatic N) is 2. The number of imidazole rings is 1. The molecule has 0 aromatic carbocycles. The van der Waals surface area contributed by atoms with Crippen LogP contribution in [0.5, 0.6) is 0 Å². The van der Waals surface area contributed by atoms with Crippen molar-refractivity contribution in [3.8, 4) is 0 Å². The number of alkyl halides is 2. The number of rotatable bonds is 3. The second kappa shape index (κ2) is 3.62. The number of nitrogens with two attached hydrogens (primary N) is 1. The third-order valence-electron chi connectivity index (χ3n) is 1.68. The average Bonchev–Trinajstić information content (AvgIpc) is 2.36. The molecule has 0 spiro atoms. The predicted molar refractivity (Wildman–Crippen MR) is 40.9 cm³/mol. The van der Waals surface area contributed by atoms with E-state index in [9.17, 15) is 8.78 Å². The van der Waals surface area contributed by atoms with E-state index in [0.29, 0.717) is 0 Å². The molecular formula is C7H11F2N3. The van der Waals surface area contributed by atoms with Gasteiger partial charge >= 0.3 is 0 Å². The molecule has 3 nitrogen and oxygen atoms in total. The first-order chi connectivity index (χ1) is 5.61. The minimum Gasteiger partial charge on any atom is -0.338 e. The summed E-state index contributed by atoms with van der Waals surface area (Å²) in [5.41, 5.74) is 5.91. The van der Waals surface area contributed by atoms with Gasteiger partial charge in [0.15, 0.2) is 0 Å². The quantitative estimate of drug-likeness (QED) is 0.729. The molecule has 1 aromatic heterocycles. The van der Waals surface area contributed by atoms with Crippen LogP contribution in [0, 0.1) is 0 Å². The molecule has 1 unspecified atom stereocenters. The van der Waals surface area contributed by atoms with Crippen molar-refractivity contribution in [1.29, 1.82) is 0 Å². The molecule has 1 rings (SSSR count). The molecule has 0 radical (unpaired) electrons. The molecule has 2 N–H and O–H groups in total. The summed E-state index contributed by atoms with van der Waals surface area (Å²) in [6, 6.07) is -1.10. The summed E-state index contributed by atoms with van der Waals surface area (Å²) >= 11 is 0. The van der Waals surface area contributed by atoms with Crippen LogP contribution in [0.25, 0.3) is 0 Å². The molecule has 1 aromatic rings.